The third-order valence-corrected chi connectivity index (χ3v) is 2.51. The van der Waals surface area contributed by atoms with Crippen LogP contribution in [-0.2, 0) is 14.3 Å². The first-order valence-electron chi connectivity index (χ1n) is 5.24. The maximum absolute atomic E-state index is 11.7. The Morgan fingerprint density at radius 1 is 1.59 bits per heavy atom. The molecule has 0 saturated carbocycles. The number of carbonyl (C=O) groups excluding carboxylic acids is 1. The van der Waals surface area contributed by atoms with Crippen molar-refractivity contribution in [2.75, 3.05) is 6.61 Å². The highest BCUT2D eigenvalue weighted by molar-refractivity contribution is 6.28. The smallest absolute Gasteiger partial charge is 0.335 e. The number of halogens is 1. The van der Waals surface area contributed by atoms with Crippen LogP contribution >= 0.6 is 11.6 Å². The van der Waals surface area contributed by atoms with E-state index in [1.54, 1.807) is 26.0 Å². The molecule has 1 aliphatic heterocycles. The summed E-state index contributed by atoms with van der Waals surface area (Å²) in [4.78, 5) is 15.8. The molecular weight excluding hydrogens is 246 g/mol. The molecule has 1 aliphatic rings. The highest BCUT2D eigenvalue weighted by atomic mass is 35.5. The average molecular weight is 258 g/mol. The van der Waals surface area contributed by atoms with E-state index in [9.17, 15) is 4.79 Å². The van der Waals surface area contributed by atoms with Crippen molar-refractivity contribution in [2.24, 2.45) is 4.99 Å². The number of furan rings is 1. The van der Waals surface area contributed by atoms with Crippen LogP contribution in [0.3, 0.4) is 0 Å². The number of hydrogen-bond donors (Lipinski definition) is 0. The summed E-state index contributed by atoms with van der Waals surface area (Å²) < 4.78 is 15.6. The van der Waals surface area contributed by atoms with E-state index in [1.807, 2.05) is 0 Å². The normalized spacial score (nSPS) is 23.1. The predicted molar refractivity (Wildman–Crippen MR) is 61.1 cm³/mol. The zero-order valence-corrected chi connectivity index (χ0v) is 10.2. The molecule has 0 spiro atoms. The van der Waals surface area contributed by atoms with Crippen molar-refractivity contribution < 1.29 is 18.7 Å². The lowest BCUT2D eigenvalue weighted by atomic mass is 10.1. The molecule has 0 bridgehead atoms. The molecule has 0 radical (unpaired) electrons. The Labute approximate surface area is 103 Å². The van der Waals surface area contributed by atoms with Crippen LogP contribution in [0.25, 0.3) is 0 Å². The Bertz CT molecular complexity index is 454. The van der Waals surface area contributed by atoms with E-state index < -0.39 is 18.1 Å². The van der Waals surface area contributed by atoms with Crippen LogP contribution in [-0.4, -0.2) is 24.5 Å². The van der Waals surface area contributed by atoms with Crippen LogP contribution in [0.4, 0.5) is 0 Å². The maximum Gasteiger partial charge on any atom is 0.335 e. The van der Waals surface area contributed by atoms with Gasteiger partial charge in [-0.05, 0) is 30.7 Å². The Morgan fingerprint density at radius 3 is 2.94 bits per heavy atom. The van der Waals surface area contributed by atoms with Crippen LogP contribution in [0.2, 0.25) is 5.22 Å². The molecule has 2 atom stereocenters. The van der Waals surface area contributed by atoms with Crippen molar-refractivity contribution in [3.63, 3.8) is 0 Å². The molecule has 0 saturated heterocycles. The molecule has 17 heavy (non-hydrogen) atoms. The van der Waals surface area contributed by atoms with Gasteiger partial charge in [0.2, 0.25) is 0 Å². The number of nitrogens with zero attached hydrogens (tertiary/aromatic N) is 1. The van der Waals surface area contributed by atoms with Gasteiger partial charge in [-0.25, -0.2) is 9.79 Å². The van der Waals surface area contributed by atoms with Gasteiger partial charge in [-0.2, -0.15) is 0 Å². The van der Waals surface area contributed by atoms with E-state index in [-0.39, 0.29) is 5.22 Å². The molecule has 2 unspecified atom stereocenters. The van der Waals surface area contributed by atoms with Crippen LogP contribution in [0, 0.1) is 0 Å². The fourth-order valence-corrected chi connectivity index (χ4v) is 1.79. The number of ether oxygens (including phenoxy) is 2. The second-order valence-corrected chi connectivity index (χ2v) is 3.90. The Hall–Kier alpha value is -1.49. The Morgan fingerprint density at radius 2 is 2.35 bits per heavy atom. The summed E-state index contributed by atoms with van der Waals surface area (Å²) in [5.74, 6) is 0.469. The van der Waals surface area contributed by atoms with Gasteiger partial charge < -0.3 is 13.9 Å². The van der Waals surface area contributed by atoms with Gasteiger partial charge in [0.25, 0.3) is 0 Å². The summed E-state index contributed by atoms with van der Waals surface area (Å²) in [6.45, 7) is 3.72. The van der Waals surface area contributed by atoms with Gasteiger partial charge >= 0.3 is 5.97 Å². The van der Waals surface area contributed by atoms with Crippen molar-refractivity contribution in [3.05, 3.63) is 23.1 Å². The fourth-order valence-electron chi connectivity index (χ4n) is 1.64. The average Bonchev–Trinajstić information content (AvgIpc) is 2.84. The fraction of sp³-hybridized carbons (Fsp3) is 0.455. The van der Waals surface area contributed by atoms with Crippen LogP contribution in [0.1, 0.15) is 25.7 Å². The zero-order chi connectivity index (χ0) is 12.4. The van der Waals surface area contributed by atoms with Crippen LogP contribution in [0.15, 0.2) is 21.5 Å². The lowest BCUT2D eigenvalue weighted by Gasteiger charge is -2.13. The molecule has 0 N–H and O–H groups in total. The topological polar surface area (TPSA) is 61.0 Å². The van der Waals surface area contributed by atoms with E-state index in [0.29, 0.717) is 18.3 Å². The number of rotatable bonds is 3. The minimum atomic E-state index is -0.725. The summed E-state index contributed by atoms with van der Waals surface area (Å²) in [7, 11) is 0. The molecule has 5 nitrogen and oxygen atoms in total. The third kappa shape index (κ3) is 2.44. The van der Waals surface area contributed by atoms with E-state index >= 15 is 0 Å². The summed E-state index contributed by atoms with van der Waals surface area (Å²) in [6.07, 6.45) is -0.596. The molecular formula is C11H12ClNO4. The van der Waals surface area contributed by atoms with Crippen molar-refractivity contribution in [2.45, 2.75) is 26.0 Å². The standard InChI is InChI=1S/C11H12ClNO4/c1-3-15-11(14)9-10(16-6(2)13-9)7-4-5-8(12)17-7/h4-5,9-10H,3H2,1-2H3. The summed E-state index contributed by atoms with van der Waals surface area (Å²) in [5.41, 5.74) is 0. The second-order valence-electron chi connectivity index (χ2n) is 3.53. The van der Waals surface area contributed by atoms with Gasteiger partial charge in [-0.15, -0.1) is 0 Å². The first-order chi connectivity index (χ1) is 8.11. The molecule has 92 valence electrons. The molecule has 0 fully saturated rings. The molecule has 1 aromatic rings. The molecule has 2 heterocycles. The zero-order valence-electron chi connectivity index (χ0n) is 9.47. The Balaban J connectivity index is 2.20. The lowest BCUT2D eigenvalue weighted by molar-refractivity contribution is -0.146. The quantitative estimate of drug-likeness (QED) is 0.780. The van der Waals surface area contributed by atoms with E-state index in [2.05, 4.69) is 4.99 Å². The molecule has 0 aromatic carbocycles. The van der Waals surface area contributed by atoms with Crippen LogP contribution < -0.4 is 0 Å². The van der Waals surface area contributed by atoms with Gasteiger partial charge in [0.1, 0.15) is 5.76 Å². The molecule has 2 rings (SSSR count). The van der Waals surface area contributed by atoms with Crippen molar-refractivity contribution in [1.82, 2.24) is 0 Å². The highest BCUT2D eigenvalue weighted by Gasteiger charge is 2.39. The van der Waals surface area contributed by atoms with Gasteiger partial charge in [-0.3, -0.25) is 0 Å². The number of carbonyl (C=O) groups is 1. The van der Waals surface area contributed by atoms with Crippen LogP contribution in [0.5, 0.6) is 0 Å². The minimum Gasteiger partial charge on any atom is -0.467 e. The second kappa shape index (κ2) is 4.79. The largest absolute Gasteiger partial charge is 0.467 e. The third-order valence-electron chi connectivity index (χ3n) is 2.31. The number of esters is 1. The molecule has 1 aromatic heterocycles. The van der Waals surface area contributed by atoms with E-state index in [0.717, 1.165) is 0 Å². The van der Waals surface area contributed by atoms with Crippen molar-refractivity contribution >= 4 is 23.5 Å². The SMILES string of the molecule is CCOC(=O)C1N=C(C)OC1c1ccc(Cl)o1. The van der Waals surface area contributed by atoms with Gasteiger partial charge in [0.05, 0.1) is 6.61 Å². The monoisotopic (exact) mass is 257 g/mol. The van der Waals surface area contributed by atoms with Crippen molar-refractivity contribution in [3.8, 4) is 0 Å². The molecule has 0 amide bonds. The summed E-state index contributed by atoms with van der Waals surface area (Å²) in [6, 6.07) is 2.53. The number of aliphatic imine (C=N–C) groups is 1. The lowest BCUT2D eigenvalue weighted by Crippen LogP contribution is -2.26. The molecule has 6 heteroatoms. The van der Waals surface area contributed by atoms with E-state index in [1.165, 1.54) is 0 Å². The highest BCUT2D eigenvalue weighted by Crippen LogP contribution is 2.32. The maximum atomic E-state index is 11.7. The first kappa shape index (κ1) is 12.0. The summed E-state index contributed by atoms with van der Waals surface area (Å²) in [5, 5.41) is 0.246. The molecule has 0 aliphatic carbocycles. The predicted octanol–water partition coefficient (Wildman–Crippen LogP) is 2.35. The van der Waals surface area contributed by atoms with Gasteiger partial charge in [0, 0.05) is 6.92 Å². The Kier molecular flexibility index (Phi) is 3.38. The van der Waals surface area contributed by atoms with E-state index in [4.69, 9.17) is 25.5 Å². The summed E-state index contributed by atoms with van der Waals surface area (Å²) >= 11 is 5.69. The van der Waals surface area contributed by atoms with Gasteiger partial charge in [0.15, 0.2) is 23.3 Å². The number of hydrogen-bond acceptors (Lipinski definition) is 5. The first-order valence-corrected chi connectivity index (χ1v) is 5.62. The van der Waals surface area contributed by atoms with Gasteiger partial charge in [-0.1, -0.05) is 0 Å². The minimum absolute atomic E-state index is 0.246. The van der Waals surface area contributed by atoms with Crippen molar-refractivity contribution in [1.29, 1.82) is 0 Å².